The Morgan fingerprint density at radius 2 is 0.510 bits per heavy atom. The molecule has 0 amide bonds. The molecule has 0 bridgehead atoms. The highest BCUT2D eigenvalue weighted by Gasteiger charge is 2.30. The Labute approximate surface area is 613 Å². The average molecular weight is 1470 g/mol. The van der Waals surface area contributed by atoms with Crippen molar-refractivity contribution in [3.8, 4) is 0 Å². The van der Waals surface area contributed by atoms with Crippen molar-refractivity contribution in [2.75, 3.05) is 39.6 Å². The summed E-state index contributed by atoms with van der Waals surface area (Å²) in [7, 11) is -9.92. The van der Waals surface area contributed by atoms with Gasteiger partial charge in [0.15, 0.2) is 12.2 Å². The average Bonchev–Trinajstić information content (AvgIpc) is 0.934. The lowest BCUT2D eigenvalue weighted by Crippen LogP contribution is -2.30. The lowest BCUT2D eigenvalue weighted by Gasteiger charge is -2.21. The van der Waals surface area contributed by atoms with Crippen LogP contribution < -0.4 is 0 Å². The second-order valence-electron chi connectivity index (χ2n) is 30.1. The Kier molecular flexibility index (Phi) is 69.9. The summed E-state index contributed by atoms with van der Waals surface area (Å²) in [5.41, 5.74) is 0. The fourth-order valence-corrected chi connectivity index (χ4v) is 14.0. The largest absolute Gasteiger partial charge is 0.472 e. The first-order valence-corrected chi connectivity index (χ1v) is 44.9. The molecular weight excluding hydrogens is 1310 g/mol. The highest BCUT2D eigenvalue weighted by molar-refractivity contribution is 7.47. The van der Waals surface area contributed by atoms with Crippen LogP contribution in [0.2, 0.25) is 0 Å². The summed E-state index contributed by atoms with van der Waals surface area (Å²) in [6.45, 7) is 12.0. The number of rotatable bonds is 79. The number of aliphatic hydroxyl groups is 1. The summed E-state index contributed by atoms with van der Waals surface area (Å²) in [6, 6.07) is 0. The van der Waals surface area contributed by atoms with Gasteiger partial charge in [-0.2, -0.15) is 0 Å². The van der Waals surface area contributed by atoms with Gasteiger partial charge in [0.2, 0.25) is 0 Å². The lowest BCUT2D eigenvalue weighted by atomic mass is 9.99. The van der Waals surface area contributed by atoms with Crippen molar-refractivity contribution in [2.24, 2.45) is 17.8 Å². The van der Waals surface area contributed by atoms with Crippen LogP contribution in [0.1, 0.15) is 421 Å². The standard InChI is InChI=1S/C81H158O17P2/c1-8-11-12-13-14-15-34-41-48-55-62-78(83)91-69-77(98-81(86)65-58-51-44-37-38-45-52-59-72(4)5)71-96-100(89,90)94-67-75(82)66-93-99(87,88)95-70-76(68-92-79(84)63-56-49-42-35-30-26-23-22-25-29-33-40-47-54-61-74(7)10-3)97-80(85)64-57-50-43-36-31-27-21-19-17-16-18-20-24-28-32-39-46-53-60-73(6)9-2/h72-77,82H,8-71H2,1-7H3,(H,87,88)(H,89,90)/t73?,74?,75-,76-,77-/m1/s1. The number of carbonyl (C=O) groups is 4. The summed E-state index contributed by atoms with van der Waals surface area (Å²) in [6.07, 6.45) is 59.8. The Bertz CT molecular complexity index is 1940. The maximum absolute atomic E-state index is 13.1. The SMILES string of the molecule is CCCCCCCCCCCCC(=O)OC[C@H](COP(=O)(O)OC[C@H](O)COP(=O)(O)OC[C@@H](COC(=O)CCCCCCCCCCCCCCCCC(C)CC)OC(=O)CCCCCCCCCCCCCCCCCCCCC(C)CC)OC(=O)CCCCCCCCCC(C)C. The molecule has 0 aromatic heterocycles. The molecule has 0 aliphatic carbocycles. The van der Waals surface area contributed by atoms with Gasteiger partial charge < -0.3 is 33.8 Å². The third-order valence-corrected chi connectivity index (χ3v) is 21.5. The van der Waals surface area contributed by atoms with Crippen molar-refractivity contribution in [1.82, 2.24) is 0 Å². The van der Waals surface area contributed by atoms with Gasteiger partial charge in [0.25, 0.3) is 0 Å². The third kappa shape index (κ3) is 71.7. The second kappa shape index (κ2) is 71.3. The Hall–Kier alpha value is -1.94. The Balaban J connectivity index is 5.19. The van der Waals surface area contributed by atoms with Gasteiger partial charge in [-0.25, -0.2) is 9.13 Å². The molecule has 0 spiro atoms. The van der Waals surface area contributed by atoms with Crippen molar-refractivity contribution in [2.45, 2.75) is 439 Å². The van der Waals surface area contributed by atoms with E-state index in [9.17, 15) is 43.2 Å². The number of phosphoric ester groups is 2. The summed E-state index contributed by atoms with van der Waals surface area (Å²) in [5, 5.41) is 10.6. The minimum absolute atomic E-state index is 0.104. The lowest BCUT2D eigenvalue weighted by molar-refractivity contribution is -0.161. The van der Waals surface area contributed by atoms with Gasteiger partial charge in [-0.15, -0.1) is 0 Å². The molecule has 0 saturated carbocycles. The first kappa shape index (κ1) is 98.1. The van der Waals surface area contributed by atoms with Gasteiger partial charge in [0.05, 0.1) is 26.4 Å². The number of carbonyl (C=O) groups excluding carboxylic acids is 4. The van der Waals surface area contributed by atoms with E-state index in [1.54, 1.807) is 0 Å². The van der Waals surface area contributed by atoms with Crippen LogP contribution >= 0.6 is 15.6 Å². The number of unbranched alkanes of at least 4 members (excludes halogenated alkanes) is 45. The minimum Gasteiger partial charge on any atom is -0.462 e. The summed E-state index contributed by atoms with van der Waals surface area (Å²) in [5.74, 6) is 0.302. The molecule has 7 atom stereocenters. The zero-order valence-electron chi connectivity index (χ0n) is 65.7. The first-order chi connectivity index (χ1) is 48.3. The zero-order chi connectivity index (χ0) is 73.7. The van der Waals surface area contributed by atoms with Crippen molar-refractivity contribution in [3.63, 3.8) is 0 Å². The van der Waals surface area contributed by atoms with E-state index in [0.29, 0.717) is 31.6 Å². The molecule has 0 fully saturated rings. The second-order valence-corrected chi connectivity index (χ2v) is 33.0. The van der Waals surface area contributed by atoms with Crippen LogP contribution in [0.25, 0.3) is 0 Å². The number of hydrogen-bond donors (Lipinski definition) is 3. The van der Waals surface area contributed by atoms with Gasteiger partial charge in [-0.3, -0.25) is 37.3 Å². The van der Waals surface area contributed by atoms with E-state index in [4.69, 9.17) is 37.0 Å². The molecule has 0 rings (SSSR count). The molecule has 0 aliphatic rings. The molecule has 0 heterocycles. The molecule has 17 nitrogen and oxygen atoms in total. The van der Waals surface area contributed by atoms with Crippen LogP contribution in [0, 0.1) is 17.8 Å². The van der Waals surface area contributed by atoms with Crippen molar-refractivity contribution in [3.05, 3.63) is 0 Å². The van der Waals surface area contributed by atoms with Gasteiger partial charge in [0, 0.05) is 25.7 Å². The van der Waals surface area contributed by atoms with Gasteiger partial charge >= 0.3 is 39.5 Å². The van der Waals surface area contributed by atoms with Crippen LogP contribution in [-0.4, -0.2) is 96.7 Å². The maximum Gasteiger partial charge on any atom is 0.472 e. The Morgan fingerprint density at radius 1 is 0.290 bits per heavy atom. The fourth-order valence-electron chi connectivity index (χ4n) is 12.4. The van der Waals surface area contributed by atoms with E-state index >= 15 is 0 Å². The molecule has 594 valence electrons. The van der Waals surface area contributed by atoms with Gasteiger partial charge in [-0.1, -0.05) is 370 Å². The number of phosphoric acid groups is 2. The smallest absolute Gasteiger partial charge is 0.462 e. The molecule has 4 unspecified atom stereocenters. The molecule has 3 N–H and O–H groups in total. The predicted octanol–water partition coefficient (Wildman–Crippen LogP) is 24.1. The van der Waals surface area contributed by atoms with E-state index in [2.05, 4.69) is 48.5 Å². The van der Waals surface area contributed by atoms with Crippen molar-refractivity contribution < 1.29 is 80.2 Å². The maximum atomic E-state index is 13.1. The number of esters is 4. The molecule has 100 heavy (non-hydrogen) atoms. The normalized spacial score (nSPS) is 14.5. The van der Waals surface area contributed by atoms with Crippen molar-refractivity contribution >= 4 is 39.5 Å². The van der Waals surface area contributed by atoms with Gasteiger partial charge in [0.1, 0.15) is 19.3 Å². The monoisotopic (exact) mass is 1470 g/mol. The first-order valence-electron chi connectivity index (χ1n) is 41.9. The topological polar surface area (TPSA) is 237 Å². The van der Waals surface area contributed by atoms with E-state index in [-0.39, 0.29) is 25.7 Å². The van der Waals surface area contributed by atoms with Gasteiger partial charge in [-0.05, 0) is 43.4 Å². The van der Waals surface area contributed by atoms with Crippen molar-refractivity contribution in [1.29, 1.82) is 0 Å². The number of aliphatic hydroxyl groups excluding tert-OH is 1. The molecule has 0 radical (unpaired) electrons. The summed E-state index contributed by atoms with van der Waals surface area (Å²) < 4.78 is 68.6. The van der Waals surface area contributed by atoms with Crippen LogP contribution in [0.5, 0.6) is 0 Å². The molecular formula is C81H158O17P2. The summed E-state index contributed by atoms with van der Waals surface area (Å²) >= 11 is 0. The number of ether oxygens (including phenoxy) is 4. The predicted molar refractivity (Wildman–Crippen MR) is 409 cm³/mol. The highest BCUT2D eigenvalue weighted by atomic mass is 31.2. The van der Waals surface area contributed by atoms with Crippen LogP contribution in [0.4, 0.5) is 0 Å². The van der Waals surface area contributed by atoms with Crippen LogP contribution in [0.3, 0.4) is 0 Å². The minimum atomic E-state index is -4.96. The molecule has 19 heteroatoms. The zero-order valence-corrected chi connectivity index (χ0v) is 67.5. The molecule has 0 saturated heterocycles. The van der Waals surface area contributed by atoms with E-state index in [1.807, 2.05) is 0 Å². The molecule has 0 aliphatic heterocycles. The Morgan fingerprint density at radius 3 is 0.760 bits per heavy atom. The van der Waals surface area contributed by atoms with E-state index < -0.39 is 97.5 Å². The quantitative estimate of drug-likeness (QED) is 0.0222. The van der Waals surface area contributed by atoms with Crippen LogP contribution in [0.15, 0.2) is 0 Å². The van der Waals surface area contributed by atoms with Crippen LogP contribution in [-0.2, 0) is 65.4 Å². The number of hydrogen-bond acceptors (Lipinski definition) is 15. The third-order valence-electron chi connectivity index (χ3n) is 19.6. The molecule has 0 aromatic carbocycles. The highest BCUT2D eigenvalue weighted by Crippen LogP contribution is 2.45. The molecule has 0 aromatic rings. The van der Waals surface area contributed by atoms with E-state index in [1.165, 1.54) is 231 Å². The summed E-state index contributed by atoms with van der Waals surface area (Å²) in [4.78, 5) is 72.9. The fraction of sp³-hybridized carbons (Fsp3) is 0.951. The van der Waals surface area contributed by atoms with E-state index in [0.717, 1.165) is 102 Å².